The maximum absolute atomic E-state index is 11.4. The van der Waals surface area contributed by atoms with Crippen LogP contribution in [0.1, 0.15) is 44.2 Å². The van der Waals surface area contributed by atoms with Gasteiger partial charge < -0.3 is 9.15 Å². The fourth-order valence-electron chi connectivity index (χ4n) is 1.42. The molecule has 1 aromatic rings. The molecule has 0 unspecified atom stereocenters. The molecule has 1 heterocycles. The molecule has 1 aromatic heterocycles. The third-order valence-corrected chi connectivity index (χ3v) is 2.46. The lowest BCUT2D eigenvalue weighted by atomic mass is 10.1. The molecule has 0 spiro atoms. The quantitative estimate of drug-likeness (QED) is 0.561. The van der Waals surface area contributed by atoms with Crippen molar-refractivity contribution in [3.8, 4) is 0 Å². The van der Waals surface area contributed by atoms with Crippen LogP contribution in [-0.4, -0.2) is 12.6 Å². The van der Waals surface area contributed by atoms with Gasteiger partial charge in [-0.2, -0.15) is 0 Å². The monoisotopic (exact) mass is 248 g/mol. The van der Waals surface area contributed by atoms with Gasteiger partial charge in [0.15, 0.2) is 0 Å². The summed E-state index contributed by atoms with van der Waals surface area (Å²) in [5, 5.41) is 0. The van der Waals surface area contributed by atoms with Crippen LogP contribution in [0.4, 0.5) is 0 Å². The number of furan rings is 1. The van der Waals surface area contributed by atoms with Gasteiger partial charge >= 0.3 is 5.97 Å². The summed E-state index contributed by atoms with van der Waals surface area (Å²) in [6.45, 7) is 6.51. The molecule has 0 aliphatic rings. The lowest BCUT2D eigenvalue weighted by Gasteiger charge is -2.01. The van der Waals surface area contributed by atoms with Crippen molar-refractivity contribution in [2.24, 2.45) is 0 Å². The van der Waals surface area contributed by atoms with Gasteiger partial charge in [-0.1, -0.05) is 17.2 Å². The number of hydrogen-bond acceptors (Lipinski definition) is 3. The number of hydrogen-bond donors (Lipinski definition) is 0. The summed E-state index contributed by atoms with van der Waals surface area (Å²) in [5.74, 6) is -0.182. The number of ether oxygens (including phenoxy) is 1. The third kappa shape index (κ3) is 5.53. The van der Waals surface area contributed by atoms with Gasteiger partial charge in [0.1, 0.15) is 6.61 Å². The number of esters is 1. The molecule has 0 saturated carbocycles. The van der Waals surface area contributed by atoms with Crippen LogP contribution < -0.4 is 0 Å². The molecule has 0 N–H and O–H groups in total. The largest absolute Gasteiger partial charge is 0.457 e. The summed E-state index contributed by atoms with van der Waals surface area (Å²) in [6, 6.07) is 3.25. The van der Waals surface area contributed by atoms with E-state index in [9.17, 15) is 4.79 Å². The van der Waals surface area contributed by atoms with Gasteiger partial charge in [-0.25, -0.2) is 4.79 Å². The van der Waals surface area contributed by atoms with E-state index in [1.54, 1.807) is 12.1 Å². The molecule has 0 amide bonds. The zero-order valence-electron chi connectivity index (χ0n) is 11.2. The van der Waals surface area contributed by atoms with Crippen molar-refractivity contribution in [3.63, 3.8) is 0 Å². The minimum absolute atomic E-state index is 0.241. The van der Waals surface area contributed by atoms with Gasteiger partial charge in [-0.05, 0) is 51.8 Å². The average Bonchev–Trinajstić information content (AvgIpc) is 2.81. The summed E-state index contributed by atoms with van der Waals surface area (Å²) in [4.78, 5) is 11.4. The lowest BCUT2D eigenvalue weighted by Crippen LogP contribution is -2.03. The van der Waals surface area contributed by atoms with Crippen LogP contribution >= 0.6 is 0 Å². The second kappa shape index (κ2) is 7.54. The van der Waals surface area contributed by atoms with Crippen molar-refractivity contribution >= 4 is 5.97 Å². The van der Waals surface area contributed by atoms with Crippen LogP contribution in [0.3, 0.4) is 0 Å². The molecule has 18 heavy (non-hydrogen) atoms. The fraction of sp³-hybridized carbons (Fsp3) is 0.400. The van der Waals surface area contributed by atoms with Crippen molar-refractivity contribution in [3.05, 3.63) is 47.5 Å². The first-order valence-corrected chi connectivity index (χ1v) is 6.09. The highest BCUT2D eigenvalue weighted by atomic mass is 16.5. The molecule has 0 aliphatic carbocycles. The molecular weight excluding hydrogens is 228 g/mol. The first kappa shape index (κ1) is 14.3. The lowest BCUT2D eigenvalue weighted by molar-refractivity contribution is 0.0513. The molecule has 0 saturated heterocycles. The van der Waals surface area contributed by atoms with Crippen molar-refractivity contribution in [2.75, 3.05) is 6.61 Å². The Hall–Kier alpha value is -1.77. The van der Waals surface area contributed by atoms with E-state index in [0.717, 1.165) is 12.8 Å². The minimum Gasteiger partial charge on any atom is -0.457 e. The predicted octanol–water partition coefficient (Wildman–Crippen LogP) is 4.13. The van der Waals surface area contributed by atoms with E-state index in [1.165, 1.54) is 17.4 Å². The van der Waals surface area contributed by atoms with Crippen LogP contribution in [0.2, 0.25) is 0 Å². The number of allylic oxidation sites excluding steroid dienone is 3. The van der Waals surface area contributed by atoms with Crippen LogP contribution in [-0.2, 0) is 4.74 Å². The highest BCUT2D eigenvalue weighted by molar-refractivity contribution is 5.86. The van der Waals surface area contributed by atoms with Crippen molar-refractivity contribution in [1.82, 2.24) is 0 Å². The zero-order chi connectivity index (χ0) is 13.4. The highest BCUT2D eigenvalue weighted by Crippen LogP contribution is 2.07. The Morgan fingerprint density at radius 1 is 1.33 bits per heavy atom. The normalized spacial score (nSPS) is 11.2. The van der Waals surface area contributed by atoms with E-state index in [-0.39, 0.29) is 5.76 Å². The second-order valence-corrected chi connectivity index (χ2v) is 4.45. The summed E-state index contributed by atoms with van der Waals surface area (Å²) in [5.41, 5.74) is 2.55. The molecule has 0 atom stereocenters. The van der Waals surface area contributed by atoms with E-state index in [4.69, 9.17) is 9.15 Å². The summed E-state index contributed by atoms with van der Waals surface area (Å²) >= 11 is 0. The standard InChI is InChI=1S/C15H20O3/c1-12(2)6-4-7-13(3)9-11-18-15(16)14-8-5-10-17-14/h5-6,8-10H,4,7,11H2,1-3H3. The first-order valence-electron chi connectivity index (χ1n) is 6.09. The molecular formula is C15H20O3. The SMILES string of the molecule is CC(C)=CCCC(C)=CCOC(=O)c1ccco1. The summed E-state index contributed by atoms with van der Waals surface area (Å²) in [6.07, 6.45) is 7.60. The molecule has 0 aromatic carbocycles. The zero-order valence-corrected chi connectivity index (χ0v) is 11.2. The van der Waals surface area contributed by atoms with Crippen LogP contribution in [0.5, 0.6) is 0 Å². The third-order valence-electron chi connectivity index (χ3n) is 2.46. The van der Waals surface area contributed by atoms with Gasteiger partial charge in [-0.15, -0.1) is 0 Å². The van der Waals surface area contributed by atoms with E-state index in [1.807, 2.05) is 13.0 Å². The molecule has 3 heteroatoms. The van der Waals surface area contributed by atoms with Crippen molar-refractivity contribution in [1.29, 1.82) is 0 Å². The fourth-order valence-corrected chi connectivity index (χ4v) is 1.42. The van der Waals surface area contributed by atoms with Crippen molar-refractivity contribution < 1.29 is 13.9 Å². The number of carbonyl (C=O) groups is 1. The Morgan fingerprint density at radius 3 is 2.72 bits per heavy atom. The van der Waals surface area contributed by atoms with E-state index in [0.29, 0.717) is 6.61 Å². The van der Waals surface area contributed by atoms with Crippen molar-refractivity contribution in [2.45, 2.75) is 33.6 Å². The Labute approximate surface area is 108 Å². The van der Waals surface area contributed by atoms with Gasteiger partial charge in [0.2, 0.25) is 5.76 Å². The molecule has 0 aliphatic heterocycles. The number of carbonyl (C=O) groups excluding carboxylic acids is 1. The van der Waals surface area contributed by atoms with E-state index < -0.39 is 5.97 Å². The average molecular weight is 248 g/mol. The smallest absolute Gasteiger partial charge is 0.374 e. The predicted molar refractivity (Wildman–Crippen MR) is 71.4 cm³/mol. The topological polar surface area (TPSA) is 39.4 Å². The molecule has 0 radical (unpaired) electrons. The molecule has 3 nitrogen and oxygen atoms in total. The maximum Gasteiger partial charge on any atom is 0.374 e. The van der Waals surface area contributed by atoms with Gasteiger partial charge in [0.25, 0.3) is 0 Å². The van der Waals surface area contributed by atoms with Gasteiger partial charge in [0, 0.05) is 0 Å². The van der Waals surface area contributed by atoms with Crippen LogP contribution in [0.15, 0.2) is 46.1 Å². The molecule has 98 valence electrons. The Kier molecular flexibility index (Phi) is 5.98. The summed E-state index contributed by atoms with van der Waals surface area (Å²) < 4.78 is 10.0. The van der Waals surface area contributed by atoms with Gasteiger partial charge in [0.05, 0.1) is 6.26 Å². The minimum atomic E-state index is -0.423. The first-order chi connectivity index (χ1) is 8.59. The Bertz CT molecular complexity index is 421. The summed E-state index contributed by atoms with van der Waals surface area (Å²) in [7, 11) is 0. The van der Waals surface area contributed by atoms with E-state index >= 15 is 0 Å². The molecule has 1 rings (SSSR count). The van der Waals surface area contributed by atoms with E-state index in [2.05, 4.69) is 19.9 Å². The van der Waals surface area contributed by atoms with Gasteiger partial charge in [-0.3, -0.25) is 0 Å². The van der Waals surface area contributed by atoms with Crippen LogP contribution in [0, 0.1) is 0 Å². The molecule has 0 bridgehead atoms. The second-order valence-electron chi connectivity index (χ2n) is 4.45. The highest BCUT2D eigenvalue weighted by Gasteiger charge is 2.08. The molecule has 0 fully saturated rings. The number of rotatable bonds is 6. The maximum atomic E-state index is 11.4. The van der Waals surface area contributed by atoms with Crippen LogP contribution in [0.25, 0.3) is 0 Å². The Balaban J connectivity index is 2.27. The Morgan fingerprint density at radius 2 is 2.11 bits per heavy atom.